The molecular formula is C24H22F5N5O4. The van der Waals surface area contributed by atoms with Gasteiger partial charge in [-0.25, -0.2) is 9.59 Å². The molecule has 9 nitrogen and oxygen atoms in total. The van der Waals surface area contributed by atoms with E-state index in [1.807, 2.05) is 41.0 Å². The standard InChI is InChI=1S/C22H21F2N5O2.C2HF3O2/c23-19(24)21-27-26-20(31-21)15-7-5-14(6-8-15)13-28-17-3-1-2-4-18(17)29(22(28)30)16-9-11-25-12-10-16;3-2(4,5)1(6)7/h1-8,16,19,25H,9-13H2;(H,6,7). The molecule has 0 aliphatic carbocycles. The first kappa shape index (κ1) is 27.0. The first-order valence-corrected chi connectivity index (χ1v) is 11.5. The Morgan fingerprint density at radius 2 is 1.66 bits per heavy atom. The van der Waals surface area contributed by atoms with Crippen LogP contribution < -0.4 is 11.0 Å². The molecule has 2 aromatic carbocycles. The highest BCUT2D eigenvalue weighted by molar-refractivity contribution is 5.76. The number of carbonyl (C=O) groups is 1. The number of nitrogens with zero attached hydrogens (tertiary/aromatic N) is 4. The van der Waals surface area contributed by atoms with E-state index in [0.717, 1.165) is 42.5 Å². The van der Waals surface area contributed by atoms with Crippen molar-refractivity contribution in [2.24, 2.45) is 0 Å². The van der Waals surface area contributed by atoms with Gasteiger partial charge in [0.2, 0.25) is 5.89 Å². The lowest BCUT2D eigenvalue weighted by atomic mass is 10.1. The van der Waals surface area contributed by atoms with E-state index in [1.165, 1.54) is 0 Å². The largest absolute Gasteiger partial charge is 0.490 e. The number of piperidine rings is 1. The minimum atomic E-state index is -5.08. The number of benzene rings is 2. The van der Waals surface area contributed by atoms with Gasteiger partial charge in [-0.1, -0.05) is 24.3 Å². The summed E-state index contributed by atoms with van der Waals surface area (Å²) in [6, 6.07) is 15.2. The van der Waals surface area contributed by atoms with Gasteiger partial charge < -0.3 is 14.8 Å². The van der Waals surface area contributed by atoms with Gasteiger partial charge in [-0.2, -0.15) is 22.0 Å². The molecule has 3 heterocycles. The lowest BCUT2D eigenvalue weighted by molar-refractivity contribution is -0.192. The minimum absolute atomic E-state index is 0.0179. The first-order valence-electron chi connectivity index (χ1n) is 11.5. The van der Waals surface area contributed by atoms with E-state index >= 15 is 0 Å². The average molecular weight is 539 g/mol. The Bertz CT molecular complexity index is 1450. The number of nitrogens with one attached hydrogen (secondary N) is 1. The summed E-state index contributed by atoms with van der Waals surface area (Å²) in [5, 5.41) is 17.5. The Morgan fingerprint density at radius 3 is 2.21 bits per heavy atom. The van der Waals surface area contributed by atoms with Crippen LogP contribution >= 0.6 is 0 Å². The predicted octanol–water partition coefficient (Wildman–Crippen LogP) is 4.40. The zero-order chi connectivity index (χ0) is 27.4. The van der Waals surface area contributed by atoms with E-state index < -0.39 is 24.5 Å². The van der Waals surface area contributed by atoms with Crippen LogP contribution in [0.3, 0.4) is 0 Å². The Morgan fingerprint density at radius 1 is 1.05 bits per heavy atom. The van der Waals surface area contributed by atoms with Gasteiger partial charge in [0.15, 0.2) is 0 Å². The van der Waals surface area contributed by atoms with E-state index in [0.29, 0.717) is 12.1 Å². The number of hydrogen-bond acceptors (Lipinski definition) is 6. The molecule has 0 radical (unpaired) electrons. The third-order valence-corrected chi connectivity index (χ3v) is 5.95. The topological polar surface area (TPSA) is 115 Å². The van der Waals surface area contributed by atoms with Crippen LogP contribution in [-0.2, 0) is 11.3 Å². The van der Waals surface area contributed by atoms with Crippen molar-refractivity contribution >= 4 is 17.0 Å². The van der Waals surface area contributed by atoms with Crippen LogP contribution in [0.1, 0.15) is 36.8 Å². The summed E-state index contributed by atoms with van der Waals surface area (Å²) in [6.45, 7) is 2.21. The fourth-order valence-corrected chi connectivity index (χ4v) is 4.18. The third-order valence-electron chi connectivity index (χ3n) is 5.95. The van der Waals surface area contributed by atoms with Crippen LogP contribution in [0, 0.1) is 0 Å². The monoisotopic (exact) mass is 539 g/mol. The smallest absolute Gasteiger partial charge is 0.475 e. The molecule has 0 amide bonds. The summed E-state index contributed by atoms with van der Waals surface area (Å²) in [7, 11) is 0. The van der Waals surface area contributed by atoms with Crippen LogP contribution in [0.15, 0.2) is 57.7 Å². The number of carboxylic acid groups (broad SMARTS) is 1. The number of para-hydroxylation sites is 2. The van der Waals surface area contributed by atoms with Crippen molar-refractivity contribution in [2.75, 3.05) is 13.1 Å². The second-order valence-corrected chi connectivity index (χ2v) is 8.45. The second-order valence-electron chi connectivity index (χ2n) is 8.45. The van der Waals surface area contributed by atoms with Crippen molar-refractivity contribution in [1.29, 1.82) is 0 Å². The van der Waals surface area contributed by atoms with Gasteiger partial charge in [0.1, 0.15) is 0 Å². The Hall–Kier alpha value is -4.07. The van der Waals surface area contributed by atoms with Gasteiger partial charge in [0, 0.05) is 11.6 Å². The van der Waals surface area contributed by atoms with E-state index in [-0.39, 0.29) is 17.6 Å². The van der Waals surface area contributed by atoms with E-state index in [4.69, 9.17) is 14.3 Å². The average Bonchev–Trinajstić information content (AvgIpc) is 3.49. The molecule has 1 aliphatic heterocycles. The number of hydrogen-bond donors (Lipinski definition) is 2. The van der Waals surface area contributed by atoms with Crippen LogP contribution in [0.2, 0.25) is 0 Å². The molecule has 5 rings (SSSR count). The number of alkyl halides is 5. The van der Waals surface area contributed by atoms with Crippen molar-refractivity contribution in [3.8, 4) is 11.5 Å². The maximum Gasteiger partial charge on any atom is 0.490 e. The predicted molar refractivity (Wildman–Crippen MR) is 125 cm³/mol. The number of aromatic nitrogens is 4. The van der Waals surface area contributed by atoms with Crippen molar-refractivity contribution < 1.29 is 36.3 Å². The van der Waals surface area contributed by atoms with E-state index in [9.17, 15) is 26.7 Å². The van der Waals surface area contributed by atoms with Crippen molar-refractivity contribution in [3.05, 3.63) is 70.5 Å². The highest BCUT2D eigenvalue weighted by atomic mass is 19.4. The lowest BCUT2D eigenvalue weighted by Gasteiger charge is -2.23. The number of carboxylic acids is 1. The van der Waals surface area contributed by atoms with E-state index in [1.54, 1.807) is 16.7 Å². The second kappa shape index (κ2) is 11.1. The molecule has 0 spiro atoms. The van der Waals surface area contributed by atoms with Gasteiger partial charge in [-0.3, -0.25) is 9.13 Å². The third kappa shape index (κ3) is 5.90. The van der Waals surface area contributed by atoms with Gasteiger partial charge in [0.25, 0.3) is 5.89 Å². The zero-order valence-corrected chi connectivity index (χ0v) is 19.7. The highest BCUT2D eigenvalue weighted by Gasteiger charge is 2.38. The molecule has 38 heavy (non-hydrogen) atoms. The maximum absolute atomic E-state index is 13.3. The molecule has 1 aliphatic rings. The molecule has 0 saturated carbocycles. The summed E-state index contributed by atoms with van der Waals surface area (Å²) < 4.78 is 65.8. The lowest BCUT2D eigenvalue weighted by Crippen LogP contribution is -2.35. The number of aliphatic carboxylic acids is 1. The van der Waals surface area contributed by atoms with Crippen LogP contribution in [0.5, 0.6) is 0 Å². The Balaban J connectivity index is 0.000000426. The molecule has 2 aromatic heterocycles. The number of halogens is 5. The number of imidazole rings is 1. The summed E-state index contributed by atoms with van der Waals surface area (Å²) in [4.78, 5) is 22.2. The van der Waals surface area contributed by atoms with Crippen LogP contribution in [-0.4, -0.2) is 49.7 Å². The molecular weight excluding hydrogens is 517 g/mol. The molecule has 14 heteroatoms. The summed E-state index contributed by atoms with van der Waals surface area (Å²) in [6.07, 6.45) is -6.04. The SMILES string of the molecule is O=C(O)C(F)(F)F.O=c1n(Cc2ccc(-c3nnc(C(F)F)o3)cc2)c2ccccc2n1C1CCNCC1. The first-order chi connectivity index (χ1) is 18.1. The zero-order valence-electron chi connectivity index (χ0n) is 19.7. The quantitative estimate of drug-likeness (QED) is 0.362. The molecule has 0 bridgehead atoms. The number of rotatable bonds is 5. The molecule has 202 valence electrons. The van der Waals surface area contributed by atoms with Crippen molar-refractivity contribution in [1.82, 2.24) is 24.6 Å². The van der Waals surface area contributed by atoms with Crippen molar-refractivity contribution in [3.63, 3.8) is 0 Å². The Kier molecular flexibility index (Phi) is 7.90. The fraction of sp³-hybridized carbons (Fsp3) is 0.333. The van der Waals surface area contributed by atoms with Crippen molar-refractivity contribution in [2.45, 2.75) is 38.0 Å². The highest BCUT2D eigenvalue weighted by Crippen LogP contribution is 2.25. The van der Waals surface area contributed by atoms with Crippen LogP contribution in [0.25, 0.3) is 22.5 Å². The minimum Gasteiger partial charge on any atom is -0.475 e. The molecule has 1 saturated heterocycles. The maximum atomic E-state index is 13.3. The molecule has 0 unspecified atom stereocenters. The summed E-state index contributed by atoms with van der Waals surface area (Å²) >= 11 is 0. The Labute approximate surface area is 211 Å². The molecule has 1 fully saturated rings. The van der Waals surface area contributed by atoms with E-state index in [2.05, 4.69) is 15.5 Å². The fourth-order valence-electron chi connectivity index (χ4n) is 4.18. The van der Waals surface area contributed by atoms with Gasteiger partial charge in [-0.15, -0.1) is 10.2 Å². The van der Waals surface area contributed by atoms with Gasteiger partial charge >= 0.3 is 24.3 Å². The number of fused-ring (bicyclic) bond motifs is 1. The van der Waals surface area contributed by atoms with Gasteiger partial charge in [-0.05, 0) is 55.8 Å². The molecule has 4 aromatic rings. The molecule has 0 atom stereocenters. The van der Waals surface area contributed by atoms with Gasteiger partial charge in [0.05, 0.1) is 17.6 Å². The molecule has 2 N–H and O–H groups in total. The summed E-state index contributed by atoms with van der Waals surface area (Å²) in [5.41, 5.74) is 3.28. The normalized spacial score (nSPS) is 14.5. The summed E-state index contributed by atoms with van der Waals surface area (Å²) in [5.74, 6) is -3.41. The van der Waals surface area contributed by atoms with Crippen LogP contribution in [0.4, 0.5) is 22.0 Å².